The van der Waals surface area contributed by atoms with Crippen molar-refractivity contribution in [2.24, 2.45) is 0 Å². The summed E-state index contributed by atoms with van der Waals surface area (Å²) in [4.78, 5) is 15.6. The van der Waals surface area contributed by atoms with Crippen molar-refractivity contribution < 1.29 is 22.7 Å². The van der Waals surface area contributed by atoms with Gasteiger partial charge in [0, 0.05) is 6.20 Å². The lowest BCUT2D eigenvalue weighted by Crippen LogP contribution is -2.23. The summed E-state index contributed by atoms with van der Waals surface area (Å²) in [6.07, 6.45) is -3.24. The zero-order valence-electron chi connectivity index (χ0n) is 10.2. The first-order valence-corrected chi connectivity index (χ1v) is 5.38. The van der Waals surface area contributed by atoms with Crippen molar-refractivity contribution in [3.8, 4) is 6.01 Å². The number of rotatable bonds is 4. The third kappa shape index (κ3) is 3.28. The molecule has 0 saturated carbocycles. The average Bonchev–Trinajstić information content (AvgIpc) is 2.95. The summed E-state index contributed by atoms with van der Waals surface area (Å²) in [5.41, 5.74) is -0.141. The van der Waals surface area contributed by atoms with E-state index in [-0.39, 0.29) is 17.7 Å². The Bertz CT molecular complexity index is 604. The van der Waals surface area contributed by atoms with E-state index < -0.39 is 18.6 Å². The van der Waals surface area contributed by atoms with E-state index in [4.69, 9.17) is 4.74 Å². The molecule has 0 aliphatic heterocycles. The molecule has 0 saturated heterocycles. The highest BCUT2D eigenvalue weighted by Gasteiger charge is 2.29. The minimum Gasteiger partial charge on any atom is -0.466 e. The van der Waals surface area contributed by atoms with Gasteiger partial charge in [-0.1, -0.05) is 0 Å². The number of nitrogens with one attached hydrogen (secondary N) is 2. The molecule has 10 heteroatoms. The van der Waals surface area contributed by atoms with Gasteiger partial charge in [0.1, 0.15) is 12.2 Å². The molecule has 108 valence electrons. The Morgan fingerprint density at radius 2 is 2.30 bits per heavy atom. The number of hydrogen-bond donors (Lipinski definition) is 2. The Balaban J connectivity index is 2.11. The summed E-state index contributed by atoms with van der Waals surface area (Å²) < 4.78 is 42.5. The summed E-state index contributed by atoms with van der Waals surface area (Å²) in [7, 11) is 1.34. The number of aromatic nitrogens is 4. The number of anilines is 1. The quantitative estimate of drug-likeness (QED) is 0.891. The highest BCUT2D eigenvalue weighted by molar-refractivity contribution is 6.02. The fraction of sp³-hybridized carbons (Fsp3) is 0.300. The van der Waals surface area contributed by atoms with Crippen LogP contribution in [0.4, 0.5) is 19.1 Å². The van der Waals surface area contributed by atoms with Crippen LogP contribution < -0.4 is 10.1 Å². The lowest BCUT2D eigenvalue weighted by atomic mass is 10.4. The summed E-state index contributed by atoms with van der Waals surface area (Å²) in [6, 6.07) is 2.63. The van der Waals surface area contributed by atoms with E-state index in [9.17, 15) is 18.0 Å². The molecule has 2 heterocycles. The van der Waals surface area contributed by atoms with Crippen LogP contribution in [0, 0.1) is 0 Å². The van der Waals surface area contributed by atoms with Gasteiger partial charge in [0.25, 0.3) is 5.91 Å². The Kier molecular flexibility index (Phi) is 3.63. The molecule has 2 N–H and O–H groups in total. The molecule has 1 amide bonds. The van der Waals surface area contributed by atoms with Crippen LogP contribution in [-0.2, 0) is 6.54 Å². The molecule has 0 bridgehead atoms. The number of carbonyl (C=O) groups is 1. The summed E-state index contributed by atoms with van der Waals surface area (Å²) in [6.45, 7) is -1.25. The van der Waals surface area contributed by atoms with E-state index in [1.165, 1.54) is 25.4 Å². The van der Waals surface area contributed by atoms with E-state index in [1.807, 2.05) is 0 Å². The fourth-order valence-electron chi connectivity index (χ4n) is 1.52. The van der Waals surface area contributed by atoms with Gasteiger partial charge in [0.05, 0.1) is 7.11 Å². The maximum atomic E-state index is 12.3. The van der Waals surface area contributed by atoms with E-state index in [0.717, 1.165) is 4.57 Å². The van der Waals surface area contributed by atoms with Crippen LogP contribution in [0.25, 0.3) is 0 Å². The van der Waals surface area contributed by atoms with Crippen molar-refractivity contribution in [3.05, 3.63) is 24.0 Å². The van der Waals surface area contributed by atoms with Crippen molar-refractivity contribution in [3.63, 3.8) is 0 Å². The molecule has 0 spiro atoms. The van der Waals surface area contributed by atoms with Crippen LogP contribution in [0.15, 0.2) is 18.3 Å². The topological polar surface area (TPSA) is 84.8 Å². The van der Waals surface area contributed by atoms with Crippen molar-refractivity contribution in [1.82, 2.24) is 19.7 Å². The van der Waals surface area contributed by atoms with E-state index >= 15 is 0 Å². The highest BCUT2D eigenvalue weighted by Crippen LogP contribution is 2.19. The van der Waals surface area contributed by atoms with Gasteiger partial charge in [-0.05, 0) is 12.1 Å². The Hall–Kier alpha value is -2.52. The largest absolute Gasteiger partial charge is 0.466 e. The van der Waals surface area contributed by atoms with Crippen molar-refractivity contribution >= 4 is 11.9 Å². The first-order valence-electron chi connectivity index (χ1n) is 5.38. The zero-order chi connectivity index (χ0) is 14.8. The maximum Gasteiger partial charge on any atom is 0.406 e. The third-order valence-electron chi connectivity index (χ3n) is 2.29. The number of carbonyl (C=O) groups excluding carboxylic acids is 1. The number of H-pyrrole nitrogens is 1. The van der Waals surface area contributed by atoms with Crippen LogP contribution in [0.5, 0.6) is 6.01 Å². The SMILES string of the molecule is COc1n[nH]c(NC(=O)c2cccn2CC(F)(F)F)n1. The van der Waals surface area contributed by atoms with Gasteiger partial charge in [-0.3, -0.25) is 10.1 Å². The molecule has 2 aromatic rings. The van der Waals surface area contributed by atoms with Gasteiger partial charge in [-0.25, -0.2) is 5.10 Å². The Morgan fingerprint density at radius 3 is 2.90 bits per heavy atom. The van der Waals surface area contributed by atoms with Crippen LogP contribution in [0.2, 0.25) is 0 Å². The minimum absolute atomic E-state index is 0.00553. The predicted octanol–water partition coefficient (Wildman–Crippen LogP) is 1.43. The average molecular weight is 289 g/mol. The van der Waals surface area contributed by atoms with Gasteiger partial charge < -0.3 is 9.30 Å². The van der Waals surface area contributed by atoms with Crippen LogP contribution in [0.3, 0.4) is 0 Å². The van der Waals surface area contributed by atoms with Crippen LogP contribution in [-0.4, -0.2) is 38.9 Å². The number of halogens is 3. The first kappa shape index (κ1) is 13.9. The van der Waals surface area contributed by atoms with Crippen LogP contribution in [0.1, 0.15) is 10.5 Å². The minimum atomic E-state index is -4.41. The Labute approximate surface area is 110 Å². The number of amides is 1. The predicted molar refractivity (Wildman–Crippen MR) is 61.4 cm³/mol. The molecule has 0 radical (unpaired) electrons. The third-order valence-corrected chi connectivity index (χ3v) is 2.29. The molecule has 0 aliphatic rings. The highest BCUT2D eigenvalue weighted by atomic mass is 19.4. The molecular formula is C10H10F3N5O2. The van der Waals surface area contributed by atoms with Gasteiger partial charge in [-0.15, -0.1) is 5.10 Å². The lowest BCUT2D eigenvalue weighted by molar-refractivity contribution is -0.140. The standard InChI is InChI=1S/C10H10F3N5O2/c1-20-9-15-8(16-17-9)14-7(19)6-3-2-4-18(6)5-10(11,12)13/h2-4H,5H2,1H3,(H2,14,15,16,17,19). The molecule has 20 heavy (non-hydrogen) atoms. The second kappa shape index (κ2) is 5.23. The molecule has 2 rings (SSSR count). The number of methoxy groups -OCH3 is 1. The monoisotopic (exact) mass is 289 g/mol. The number of hydrogen-bond acceptors (Lipinski definition) is 4. The molecule has 7 nitrogen and oxygen atoms in total. The van der Waals surface area contributed by atoms with E-state index in [0.29, 0.717) is 0 Å². The molecule has 0 fully saturated rings. The van der Waals surface area contributed by atoms with Crippen molar-refractivity contribution in [2.45, 2.75) is 12.7 Å². The molecule has 0 aliphatic carbocycles. The zero-order valence-corrected chi connectivity index (χ0v) is 10.2. The van der Waals surface area contributed by atoms with E-state index in [2.05, 4.69) is 20.5 Å². The van der Waals surface area contributed by atoms with Crippen LogP contribution >= 0.6 is 0 Å². The first-order chi connectivity index (χ1) is 9.39. The number of ether oxygens (including phenoxy) is 1. The second-order valence-electron chi connectivity index (χ2n) is 3.76. The summed E-state index contributed by atoms with van der Waals surface area (Å²) in [5, 5.41) is 8.25. The van der Waals surface area contributed by atoms with Crippen molar-refractivity contribution in [2.75, 3.05) is 12.4 Å². The summed E-state index contributed by atoms with van der Waals surface area (Å²) in [5.74, 6) is -0.760. The smallest absolute Gasteiger partial charge is 0.406 e. The molecule has 0 unspecified atom stereocenters. The molecular weight excluding hydrogens is 279 g/mol. The Morgan fingerprint density at radius 1 is 1.55 bits per heavy atom. The van der Waals surface area contributed by atoms with Crippen molar-refractivity contribution in [1.29, 1.82) is 0 Å². The van der Waals surface area contributed by atoms with E-state index in [1.54, 1.807) is 0 Å². The maximum absolute atomic E-state index is 12.3. The fourth-order valence-corrected chi connectivity index (χ4v) is 1.52. The van der Waals surface area contributed by atoms with Gasteiger partial charge in [0.15, 0.2) is 0 Å². The van der Waals surface area contributed by atoms with Gasteiger partial charge in [-0.2, -0.15) is 18.2 Å². The summed E-state index contributed by atoms with van der Waals surface area (Å²) >= 11 is 0. The number of nitrogens with zero attached hydrogens (tertiary/aromatic N) is 3. The van der Waals surface area contributed by atoms with Gasteiger partial charge in [0.2, 0.25) is 5.95 Å². The number of alkyl halides is 3. The molecule has 0 aromatic carbocycles. The number of aromatic amines is 1. The lowest BCUT2D eigenvalue weighted by Gasteiger charge is -2.11. The molecule has 0 atom stereocenters. The van der Waals surface area contributed by atoms with Gasteiger partial charge >= 0.3 is 12.2 Å². The normalized spacial score (nSPS) is 11.4. The second-order valence-corrected chi connectivity index (χ2v) is 3.76. The molecule has 2 aromatic heterocycles.